The minimum Gasteiger partial charge on any atom is -0.493 e. The molecule has 0 aromatic heterocycles. The SMILES string of the molecule is COc1cc(/C=C/C(=O)Nc2cccc(Cl)c2SC(F)F)cc(OC)c1OC. The Balaban J connectivity index is 2.22. The number of rotatable bonds is 8. The van der Waals surface area contributed by atoms with Crippen molar-refractivity contribution in [1.82, 2.24) is 0 Å². The maximum Gasteiger partial charge on any atom is 0.289 e. The van der Waals surface area contributed by atoms with E-state index < -0.39 is 11.7 Å². The summed E-state index contributed by atoms with van der Waals surface area (Å²) in [5.74, 6) is -1.86. The third-order valence-electron chi connectivity index (χ3n) is 3.55. The van der Waals surface area contributed by atoms with Gasteiger partial charge in [0.2, 0.25) is 11.7 Å². The van der Waals surface area contributed by atoms with Crippen LogP contribution in [0.3, 0.4) is 0 Å². The van der Waals surface area contributed by atoms with Crippen LogP contribution in [0, 0.1) is 0 Å². The van der Waals surface area contributed by atoms with Crippen molar-refractivity contribution in [3.05, 3.63) is 47.0 Å². The monoisotopic (exact) mass is 429 g/mol. The van der Waals surface area contributed by atoms with E-state index in [0.29, 0.717) is 22.8 Å². The summed E-state index contributed by atoms with van der Waals surface area (Å²) in [6.07, 6.45) is 2.79. The van der Waals surface area contributed by atoms with E-state index >= 15 is 0 Å². The quantitative estimate of drug-likeness (QED) is 0.454. The molecule has 0 saturated carbocycles. The summed E-state index contributed by atoms with van der Waals surface area (Å²) in [7, 11) is 4.46. The molecule has 0 spiro atoms. The van der Waals surface area contributed by atoms with E-state index in [1.807, 2.05) is 0 Å². The first-order valence-corrected chi connectivity index (χ1v) is 9.17. The molecule has 0 atom stereocenters. The van der Waals surface area contributed by atoms with Gasteiger partial charge in [0.1, 0.15) is 0 Å². The van der Waals surface area contributed by atoms with Gasteiger partial charge in [0.15, 0.2) is 11.5 Å². The third kappa shape index (κ3) is 5.53. The lowest BCUT2D eigenvalue weighted by atomic mass is 10.1. The summed E-state index contributed by atoms with van der Waals surface area (Å²) in [6, 6.07) is 7.89. The van der Waals surface area contributed by atoms with Gasteiger partial charge in [-0.1, -0.05) is 29.4 Å². The largest absolute Gasteiger partial charge is 0.493 e. The molecule has 0 bridgehead atoms. The molecule has 0 aliphatic carbocycles. The molecule has 5 nitrogen and oxygen atoms in total. The van der Waals surface area contributed by atoms with E-state index in [1.165, 1.54) is 45.6 Å². The van der Waals surface area contributed by atoms with Crippen molar-refractivity contribution >= 4 is 41.0 Å². The molecular weight excluding hydrogens is 412 g/mol. The van der Waals surface area contributed by atoms with Crippen LogP contribution in [0.5, 0.6) is 17.2 Å². The van der Waals surface area contributed by atoms with Crippen molar-refractivity contribution in [3.8, 4) is 17.2 Å². The summed E-state index contributed by atoms with van der Waals surface area (Å²) < 4.78 is 41.2. The lowest BCUT2D eigenvalue weighted by molar-refractivity contribution is -0.111. The Morgan fingerprint density at radius 1 is 1.14 bits per heavy atom. The Bertz CT molecular complexity index is 852. The molecule has 0 saturated heterocycles. The van der Waals surface area contributed by atoms with E-state index in [1.54, 1.807) is 18.2 Å². The second kappa shape index (κ2) is 10.2. The van der Waals surface area contributed by atoms with Gasteiger partial charge in [-0.05, 0) is 35.9 Å². The minimum absolute atomic E-state index is 0.105. The average molecular weight is 430 g/mol. The summed E-state index contributed by atoms with van der Waals surface area (Å²) in [6.45, 7) is 0. The Labute approximate surface area is 170 Å². The highest BCUT2D eigenvalue weighted by Gasteiger charge is 2.15. The predicted octanol–water partition coefficient (Wildman–Crippen LogP) is 5.33. The molecule has 2 rings (SSSR count). The average Bonchev–Trinajstić information content (AvgIpc) is 2.67. The van der Waals surface area contributed by atoms with Crippen LogP contribution >= 0.6 is 23.4 Å². The Morgan fingerprint density at radius 2 is 1.79 bits per heavy atom. The lowest BCUT2D eigenvalue weighted by Gasteiger charge is -2.13. The van der Waals surface area contributed by atoms with Crippen molar-refractivity contribution in [2.24, 2.45) is 0 Å². The molecule has 0 aliphatic rings. The van der Waals surface area contributed by atoms with E-state index in [2.05, 4.69) is 5.32 Å². The number of methoxy groups -OCH3 is 3. The molecule has 150 valence electrons. The molecule has 2 aromatic rings. The van der Waals surface area contributed by atoms with Crippen LogP contribution < -0.4 is 19.5 Å². The second-order valence-electron chi connectivity index (χ2n) is 5.28. The highest BCUT2D eigenvalue weighted by Crippen LogP contribution is 2.39. The number of hydrogen-bond acceptors (Lipinski definition) is 5. The molecule has 0 radical (unpaired) electrons. The number of halogens is 3. The first-order valence-electron chi connectivity index (χ1n) is 7.92. The fourth-order valence-electron chi connectivity index (χ4n) is 2.36. The molecule has 1 amide bonds. The van der Waals surface area contributed by atoms with Crippen molar-refractivity contribution in [2.75, 3.05) is 26.6 Å². The number of thioether (sulfide) groups is 1. The molecular formula is C19H18ClF2NO4S. The van der Waals surface area contributed by atoms with Crippen molar-refractivity contribution < 1.29 is 27.8 Å². The fraction of sp³-hybridized carbons (Fsp3) is 0.211. The van der Waals surface area contributed by atoms with Gasteiger partial charge >= 0.3 is 0 Å². The third-order valence-corrected chi connectivity index (χ3v) is 4.83. The second-order valence-corrected chi connectivity index (χ2v) is 6.68. The van der Waals surface area contributed by atoms with Crippen LogP contribution in [-0.2, 0) is 4.79 Å². The molecule has 0 heterocycles. The van der Waals surface area contributed by atoms with E-state index in [0.717, 1.165) is 0 Å². The number of alkyl halides is 2. The molecule has 0 unspecified atom stereocenters. The number of nitrogens with one attached hydrogen (secondary N) is 1. The first kappa shape index (κ1) is 21.8. The Hall–Kier alpha value is -2.45. The van der Waals surface area contributed by atoms with Crippen LogP contribution in [0.25, 0.3) is 6.08 Å². The maximum absolute atomic E-state index is 12.7. The van der Waals surface area contributed by atoms with Crippen LogP contribution in [0.2, 0.25) is 5.02 Å². The molecule has 0 aliphatic heterocycles. The van der Waals surface area contributed by atoms with Crippen LogP contribution in [0.15, 0.2) is 41.3 Å². The van der Waals surface area contributed by atoms with Gasteiger partial charge in [-0.3, -0.25) is 4.79 Å². The topological polar surface area (TPSA) is 56.8 Å². The number of carbonyl (C=O) groups is 1. The Kier molecular flexibility index (Phi) is 7.95. The predicted molar refractivity (Wildman–Crippen MR) is 107 cm³/mol. The normalized spacial score (nSPS) is 11.0. The standard InChI is InChI=1S/C19H18ClF2NO4S/c1-25-14-9-11(10-15(26-2)17(14)27-3)7-8-16(24)23-13-6-4-5-12(20)18(13)28-19(21)22/h4-10,19H,1-3H3,(H,23,24)/b8-7+. The first-order chi connectivity index (χ1) is 13.4. The van der Waals surface area contributed by atoms with E-state index in [-0.39, 0.29) is 27.4 Å². The number of hydrogen-bond donors (Lipinski definition) is 1. The number of benzene rings is 2. The number of ether oxygens (including phenoxy) is 3. The number of amides is 1. The summed E-state index contributed by atoms with van der Waals surface area (Å²) >= 11 is 6.23. The summed E-state index contributed by atoms with van der Waals surface area (Å²) in [5.41, 5.74) is 0.829. The zero-order valence-electron chi connectivity index (χ0n) is 15.3. The van der Waals surface area contributed by atoms with Gasteiger partial charge in [0.05, 0.1) is 36.9 Å². The van der Waals surface area contributed by atoms with Crippen LogP contribution in [0.1, 0.15) is 5.56 Å². The molecule has 1 N–H and O–H groups in total. The van der Waals surface area contributed by atoms with Gasteiger partial charge in [0.25, 0.3) is 5.76 Å². The summed E-state index contributed by atoms with van der Waals surface area (Å²) in [5, 5.41) is 2.69. The van der Waals surface area contributed by atoms with Gasteiger partial charge in [0, 0.05) is 6.08 Å². The maximum atomic E-state index is 12.7. The lowest BCUT2D eigenvalue weighted by Crippen LogP contribution is -2.09. The highest BCUT2D eigenvalue weighted by molar-refractivity contribution is 7.99. The van der Waals surface area contributed by atoms with Crippen molar-refractivity contribution in [2.45, 2.75) is 10.7 Å². The number of anilines is 1. The van der Waals surface area contributed by atoms with Gasteiger partial charge in [-0.25, -0.2) is 0 Å². The molecule has 0 fully saturated rings. The van der Waals surface area contributed by atoms with E-state index in [9.17, 15) is 13.6 Å². The van der Waals surface area contributed by atoms with Gasteiger partial charge in [-0.15, -0.1) is 0 Å². The molecule has 9 heteroatoms. The Morgan fingerprint density at radius 3 is 2.32 bits per heavy atom. The van der Waals surface area contributed by atoms with Gasteiger partial charge < -0.3 is 19.5 Å². The number of carbonyl (C=O) groups excluding carboxylic acids is 1. The zero-order chi connectivity index (χ0) is 20.7. The van der Waals surface area contributed by atoms with Gasteiger partial charge in [-0.2, -0.15) is 8.78 Å². The van der Waals surface area contributed by atoms with E-state index in [4.69, 9.17) is 25.8 Å². The highest BCUT2D eigenvalue weighted by atomic mass is 35.5. The minimum atomic E-state index is -2.66. The molecule has 2 aromatic carbocycles. The zero-order valence-corrected chi connectivity index (χ0v) is 16.9. The van der Waals surface area contributed by atoms with Crippen molar-refractivity contribution in [3.63, 3.8) is 0 Å². The summed E-state index contributed by atoms with van der Waals surface area (Å²) in [4.78, 5) is 12.3. The fourth-order valence-corrected chi connectivity index (χ4v) is 3.27. The van der Waals surface area contributed by atoms with Crippen LogP contribution in [0.4, 0.5) is 14.5 Å². The molecule has 28 heavy (non-hydrogen) atoms. The smallest absolute Gasteiger partial charge is 0.289 e. The van der Waals surface area contributed by atoms with Crippen molar-refractivity contribution in [1.29, 1.82) is 0 Å². The van der Waals surface area contributed by atoms with Crippen LogP contribution in [-0.4, -0.2) is 33.0 Å².